The molecule has 0 spiro atoms. The average molecular weight is 1090 g/mol. The molecule has 3 heterocycles. The predicted molar refractivity (Wildman–Crippen MR) is 294 cm³/mol. The van der Waals surface area contributed by atoms with E-state index in [1.165, 1.54) is 24.7 Å². The van der Waals surface area contributed by atoms with Crippen molar-refractivity contribution in [3.63, 3.8) is 0 Å². The van der Waals surface area contributed by atoms with Crippen LogP contribution in [0.25, 0.3) is 21.8 Å². The van der Waals surface area contributed by atoms with E-state index < -0.39 is 108 Å². The number of aromatic nitrogens is 5. The highest BCUT2D eigenvalue weighted by Crippen LogP contribution is 2.20. The fourth-order valence-corrected chi connectivity index (χ4v) is 9.11. The molecule has 14 N–H and O–H groups in total. The number of carbonyl (C=O) groups is 8. The Bertz CT molecular complexity index is 3240. The van der Waals surface area contributed by atoms with Gasteiger partial charge in [0.25, 0.3) is 5.56 Å². The number of rotatable bonds is 29. The molecule has 420 valence electrons. The van der Waals surface area contributed by atoms with E-state index in [1.807, 2.05) is 52.0 Å². The van der Waals surface area contributed by atoms with E-state index in [0.717, 1.165) is 25.6 Å². The second-order valence-electron chi connectivity index (χ2n) is 20.3. The Hall–Kier alpha value is -8.93. The summed E-state index contributed by atoms with van der Waals surface area (Å²) in [6, 6.07) is 15.2. The largest absolute Gasteiger partial charge is 0.370 e. The third-order valence-electron chi connectivity index (χ3n) is 13.1. The van der Waals surface area contributed by atoms with Crippen molar-refractivity contribution < 1.29 is 38.4 Å². The highest BCUT2D eigenvalue weighted by atomic mass is 16.2. The molecule has 24 heteroatoms. The lowest BCUT2D eigenvalue weighted by molar-refractivity contribution is -0.133. The summed E-state index contributed by atoms with van der Waals surface area (Å²) in [5, 5.41) is 16.9. The molecule has 6 aromatic rings. The number of hydrogen-bond acceptors (Lipinski definition) is 12. The Morgan fingerprint density at radius 1 is 0.620 bits per heavy atom. The van der Waals surface area contributed by atoms with Gasteiger partial charge in [-0.3, -0.25) is 52.3 Å². The molecule has 6 atom stereocenters. The Kier molecular flexibility index (Phi) is 21.0. The third kappa shape index (κ3) is 16.8. The van der Waals surface area contributed by atoms with Gasteiger partial charge in [0, 0.05) is 61.3 Å². The number of primary amides is 2. The molecule has 6 rings (SSSR count). The number of hydrogen-bond donors (Lipinski definition) is 11. The summed E-state index contributed by atoms with van der Waals surface area (Å²) in [4.78, 5) is 146. The van der Waals surface area contributed by atoms with Gasteiger partial charge in [0.05, 0.1) is 23.3 Å². The molecule has 0 saturated carbocycles. The number of imidazole rings is 1. The molecule has 3 aromatic heterocycles. The molecule has 0 bridgehead atoms. The van der Waals surface area contributed by atoms with E-state index >= 15 is 0 Å². The van der Waals surface area contributed by atoms with E-state index in [4.69, 9.17) is 17.2 Å². The lowest BCUT2D eigenvalue weighted by Gasteiger charge is -2.26. The van der Waals surface area contributed by atoms with Crippen LogP contribution in [0, 0.1) is 11.8 Å². The minimum atomic E-state index is -1.34. The molecule has 0 aliphatic heterocycles. The van der Waals surface area contributed by atoms with Gasteiger partial charge in [0.2, 0.25) is 47.3 Å². The summed E-state index contributed by atoms with van der Waals surface area (Å²) in [6.45, 7) is 6.00. The number of H-pyrrole nitrogens is 2. The molecule has 0 radical (unpaired) electrons. The van der Waals surface area contributed by atoms with Gasteiger partial charge in [0.15, 0.2) is 0 Å². The summed E-state index contributed by atoms with van der Waals surface area (Å²) < 4.78 is 1.90. The maximum atomic E-state index is 14.4. The van der Waals surface area contributed by atoms with Gasteiger partial charge in [-0.25, -0.2) is 9.78 Å². The summed E-state index contributed by atoms with van der Waals surface area (Å²) in [5.74, 6) is -5.99. The van der Waals surface area contributed by atoms with E-state index in [2.05, 4.69) is 46.9 Å². The van der Waals surface area contributed by atoms with Crippen molar-refractivity contribution in [2.75, 3.05) is 6.54 Å². The Morgan fingerprint density at radius 3 is 1.89 bits per heavy atom. The second-order valence-corrected chi connectivity index (χ2v) is 20.3. The summed E-state index contributed by atoms with van der Waals surface area (Å²) in [6.07, 6.45) is 4.42. The quantitative estimate of drug-likeness (QED) is 0.0291. The van der Waals surface area contributed by atoms with Gasteiger partial charge in [-0.15, -0.1) is 0 Å². The molecule has 0 saturated heterocycles. The van der Waals surface area contributed by atoms with E-state index in [0.29, 0.717) is 11.3 Å². The predicted octanol–water partition coefficient (Wildman–Crippen LogP) is -0.194. The van der Waals surface area contributed by atoms with Crippen molar-refractivity contribution in [1.29, 1.82) is 0 Å². The fraction of sp³-hybridized carbons (Fsp3) is 0.400. The number of benzene rings is 3. The topological polar surface area (TPSA) is 375 Å². The zero-order valence-electron chi connectivity index (χ0n) is 44.6. The number of aromatic amines is 2. The first-order valence-electron chi connectivity index (χ1n) is 26.1. The van der Waals surface area contributed by atoms with E-state index in [-0.39, 0.29) is 74.2 Å². The number of nitrogens with zero attached hydrogens (tertiary/aromatic N) is 3. The van der Waals surface area contributed by atoms with E-state index in [9.17, 15) is 47.9 Å². The van der Waals surface area contributed by atoms with Crippen LogP contribution in [0.2, 0.25) is 0 Å². The lowest BCUT2D eigenvalue weighted by Crippen LogP contribution is -2.57. The minimum Gasteiger partial charge on any atom is -0.370 e. The van der Waals surface area contributed by atoms with Crippen LogP contribution in [-0.2, 0) is 70.7 Å². The molecule has 8 amide bonds. The number of fused-ring (bicyclic) bond motifs is 2. The maximum Gasteiger partial charge on any atom is 0.332 e. The van der Waals surface area contributed by atoms with Crippen LogP contribution in [0.15, 0.2) is 107 Å². The highest BCUT2D eigenvalue weighted by molar-refractivity contribution is 5.96. The first kappa shape index (κ1) is 59.3. The smallest absolute Gasteiger partial charge is 0.332 e. The number of nitrogens with two attached hydrogens (primary N) is 3. The third-order valence-corrected chi connectivity index (χ3v) is 13.1. The number of nitrogens with one attached hydrogen (secondary N) is 8. The number of para-hydroxylation sites is 2. The Labute approximate surface area is 454 Å². The Morgan fingerprint density at radius 2 is 1.22 bits per heavy atom. The van der Waals surface area contributed by atoms with Crippen molar-refractivity contribution >= 4 is 69.1 Å². The summed E-state index contributed by atoms with van der Waals surface area (Å²) in [7, 11) is 0. The monoisotopic (exact) mass is 1090 g/mol. The van der Waals surface area contributed by atoms with Gasteiger partial charge in [-0.1, -0.05) is 88.4 Å². The molecular weight excluding hydrogens is 1020 g/mol. The van der Waals surface area contributed by atoms with Crippen molar-refractivity contribution in [1.82, 2.24) is 56.0 Å². The van der Waals surface area contributed by atoms with Crippen LogP contribution < -0.4 is 60.4 Å². The summed E-state index contributed by atoms with van der Waals surface area (Å²) >= 11 is 0. The zero-order valence-corrected chi connectivity index (χ0v) is 44.6. The van der Waals surface area contributed by atoms with Gasteiger partial charge >= 0.3 is 5.69 Å². The molecular formula is C55H70N14O10. The van der Waals surface area contributed by atoms with Crippen LogP contribution in [0.5, 0.6) is 0 Å². The standard InChI is InChI=1S/C55H70N14O10/c1-31(2)22-41(48(58)72)65-52(76)42(23-32(3)4)66-53(77)44(26-35-28-59-30-62-35)63-47(71)29-69-45-17-11-9-15-37(45)54(78)68(55(69)79)21-20-60-50(74)43(25-34-27-61-39-16-10-8-14-36(34)39)67-51(75)40(18-19-46(57)70)64-49(73)38(56)24-33-12-6-5-7-13-33/h5-17,27-28,30-32,38,40-44,61H,18-26,29,56H2,1-4H3,(H2,57,70)(H2,58,72)(H,59,62)(H,60,74)(H,63,71)(H,64,73)(H,65,76)(H,66,77)(H,67,75)/t38-,40+,41+,42+,43+,44+/m1/s1. The minimum absolute atomic E-state index is 0.0121. The molecule has 0 fully saturated rings. The summed E-state index contributed by atoms with van der Waals surface area (Å²) in [5.41, 5.74) is 18.4. The first-order valence-corrected chi connectivity index (χ1v) is 26.1. The second kappa shape index (κ2) is 27.9. The van der Waals surface area contributed by atoms with Gasteiger partial charge in [-0.05, 0) is 66.8 Å². The molecule has 79 heavy (non-hydrogen) atoms. The zero-order chi connectivity index (χ0) is 57.3. The average Bonchev–Trinajstić information content (AvgIpc) is 4.19. The maximum absolute atomic E-state index is 14.4. The first-order chi connectivity index (χ1) is 37.7. The Balaban J connectivity index is 1.21. The molecule has 24 nitrogen and oxygen atoms in total. The van der Waals surface area contributed by atoms with Crippen LogP contribution in [-0.4, -0.2) is 114 Å². The fourth-order valence-electron chi connectivity index (χ4n) is 9.11. The molecule has 3 aromatic carbocycles. The van der Waals surface area contributed by atoms with Crippen LogP contribution in [0.4, 0.5) is 0 Å². The highest BCUT2D eigenvalue weighted by Gasteiger charge is 2.32. The van der Waals surface area contributed by atoms with Crippen molar-refractivity contribution in [2.45, 2.75) is 122 Å². The number of amides is 8. The van der Waals surface area contributed by atoms with Crippen molar-refractivity contribution in [3.05, 3.63) is 135 Å². The van der Waals surface area contributed by atoms with Gasteiger partial charge in [-0.2, -0.15) is 0 Å². The SMILES string of the molecule is CC(C)C[C@H](NC(=O)[C@H](CC(C)C)NC(=O)[C@H](Cc1cnc[nH]1)NC(=O)Cn1c(=O)n(CCNC(=O)[C@H](Cc2c[nH]c3ccccc23)NC(=O)[C@H](CCC(N)=O)NC(=O)[C@H](N)Cc2ccccc2)c(=O)c2ccccc21)C(N)=O. The van der Waals surface area contributed by atoms with Crippen molar-refractivity contribution in [2.24, 2.45) is 29.0 Å². The van der Waals surface area contributed by atoms with Gasteiger partial charge < -0.3 is 59.1 Å². The number of carbonyl (C=O) groups excluding carboxylic acids is 8. The van der Waals surface area contributed by atoms with E-state index in [1.54, 1.807) is 48.7 Å². The van der Waals surface area contributed by atoms with Crippen molar-refractivity contribution in [3.8, 4) is 0 Å². The van der Waals surface area contributed by atoms with Crippen LogP contribution in [0.1, 0.15) is 70.2 Å². The molecule has 0 aliphatic rings. The van der Waals surface area contributed by atoms with Gasteiger partial charge in [0.1, 0.15) is 36.8 Å². The molecule has 0 unspecified atom stereocenters. The lowest BCUT2D eigenvalue weighted by atomic mass is 9.99. The normalized spacial score (nSPS) is 13.7. The van der Waals surface area contributed by atoms with Crippen LogP contribution in [0.3, 0.4) is 0 Å². The molecule has 0 aliphatic carbocycles. The van der Waals surface area contributed by atoms with Crippen LogP contribution >= 0.6 is 0 Å².